The average molecular weight is 342 g/mol. The highest BCUT2D eigenvalue weighted by molar-refractivity contribution is 5.65. The molecule has 3 heterocycles. The van der Waals surface area contributed by atoms with E-state index in [4.69, 9.17) is 5.26 Å². The van der Waals surface area contributed by atoms with Crippen LogP contribution in [0.1, 0.15) is 11.3 Å². The van der Waals surface area contributed by atoms with Crippen LogP contribution >= 0.6 is 0 Å². The van der Waals surface area contributed by atoms with Crippen LogP contribution in [0.5, 0.6) is 0 Å². The molecule has 4 rings (SSSR count). The van der Waals surface area contributed by atoms with Crippen molar-refractivity contribution in [3.63, 3.8) is 0 Å². The molecule has 2 N–H and O–H groups in total. The Kier molecular flexibility index (Phi) is 4.01. The van der Waals surface area contributed by atoms with Crippen LogP contribution in [0.15, 0.2) is 60.8 Å². The summed E-state index contributed by atoms with van der Waals surface area (Å²) in [4.78, 5) is 8.54. The molecule has 0 saturated carbocycles. The molecule has 0 amide bonds. The lowest BCUT2D eigenvalue weighted by atomic mass is 10.1. The van der Waals surface area contributed by atoms with Crippen LogP contribution in [-0.2, 0) is 6.61 Å². The molecule has 7 heteroatoms. The molecule has 0 atom stereocenters. The second kappa shape index (κ2) is 6.63. The highest BCUT2D eigenvalue weighted by atomic mass is 16.3. The van der Waals surface area contributed by atoms with Gasteiger partial charge in [-0.05, 0) is 36.4 Å². The van der Waals surface area contributed by atoms with Crippen LogP contribution in [0, 0.1) is 11.3 Å². The Hall–Kier alpha value is -3.76. The number of aliphatic hydroxyl groups is 1. The first kappa shape index (κ1) is 15.7. The summed E-state index contributed by atoms with van der Waals surface area (Å²) >= 11 is 0. The van der Waals surface area contributed by atoms with Gasteiger partial charge < -0.3 is 10.4 Å². The summed E-state index contributed by atoms with van der Waals surface area (Å²) in [5.41, 5.74) is 4.44. The van der Waals surface area contributed by atoms with E-state index in [9.17, 15) is 5.11 Å². The summed E-state index contributed by atoms with van der Waals surface area (Å²) in [5.74, 6) is 0.446. The van der Waals surface area contributed by atoms with E-state index in [1.807, 2.05) is 30.3 Å². The number of nitrogens with zero attached hydrogens (tertiary/aromatic N) is 5. The third kappa shape index (κ3) is 2.97. The molecule has 1 aromatic carbocycles. The maximum Gasteiger partial charge on any atom is 0.247 e. The van der Waals surface area contributed by atoms with Crippen LogP contribution in [-0.4, -0.2) is 24.7 Å². The first-order valence-corrected chi connectivity index (χ1v) is 7.96. The van der Waals surface area contributed by atoms with Gasteiger partial charge in [0, 0.05) is 17.4 Å². The van der Waals surface area contributed by atoms with Crippen molar-refractivity contribution in [3.8, 4) is 17.3 Å². The van der Waals surface area contributed by atoms with E-state index < -0.39 is 0 Å². The predicted octanol–water partition coefficient (Wildman–Crippen LogP) is 2.90. The van der Waals surface area contributed by atoms with E-state index in [1.165, 1.54) is 0 Å². The fourth-order valence-electron chi connectivity index (χ4n) is 2.66. The number of nitriles is 1. The summed E-state index contributed by atoms with van der Waals surface area (Å²) < 4.78 is 1.75. The zero-order valence-electron chi connectivity index (χ0n) is 13.7. The van der Waals surface area contributed by atoms with Gasteiger partial charge in [0.2, 0.25) is 5.95 Å². The molecule has 0 aliphatic heterocycles. The van der Waals surface area contributed by atoms with Gasteiger partial charge in [0.25, 0.3) is 0 Å². The van der Waals surface area contributed by atoms with E-state index in [-0.39, 0.29) is 6.61 Å². The fourth-order valence-corrected chi connectivity index (χ4v) is 2.66. The lowest BCUT2D eigenvalue weighted by Crippen LogP contribution is -1.97. The zero-order chi connectivity index (χ0) is 17.9. The molecule has 0 aliphatic carbocycles. The molecule has 3 aromatic heterocycles. The summed E-state index contributed by atoms with van der Waals surface area (Å²) in [6.45, 7) is -0.128. The van der Waals surface area contributed by atoms with E-state index in [2.05, 4.69) is 26.5 Å². The van der Waals surface area contributed by atoms with Gasteiger partial charge in [0.1, 0.15) is 0 Å². The molecular formula is C19H14N6O. The predicted molar refractivity (Wildman–Crippen MR) is 96.6 cm³/mol. The zero-order valence-corrected chi connectivity index (χ0v) is 13.7. The molecule has 0 unspecified atom stereocenters. The molecule has 0 aliphatic rings. The first-order valence-electron chi connectivity index (χ1n) is 7.96. The minimum atomic E-state index is -0.128. The maximum absolute atomic E-state index is 9.20. The topological polar surface area (TPSA) is 99.1 Å². The van der Waals surface area contributed by atoms with Crippen molar-refractivity contribution in [2.45, 2.75) is 6.61 Å². The van der Waals surface area contributed by atoms with Crippen molar-refractivity contribution in [1.29, 1.82) is 5.26 Å². The number of nitrogens with one attached hydrogen (secondary N) is 1. The summed E-state index contributed by atoms with van der Waals surface area (Å²) in [6.07, 6.45) is 1.62. The molecule has 7 nitrogen and oxygen atoms in total. The van der Waals surface area contributed by atoms with Gasteiger partial charge in [0.15, 0.2) is 5.65 Å². The smallest absolute Gasteiger partial charge is 0.247 e. The second-order valence-electron chi connectivity index (χ2n) is 5.62. The van der Waals surface area contributed by atoms with E-state index in [1.54, 1.807) is 35.0 Å². The summed E-state index contributed by atoms with van der Waals surface area (Å²) in [5, 5.41) is 25.8. The van der Waals surface area contributed by atoms with Gasteiger partial charge in [-0.15, -0.1) is 5.10 Å². The molecule has 0 fully saturated rings. The number of rotatable bonds is 4. The monoisotopic (exact) mass is 342 g/mol. The number of hydrogen-bond acceptors (Lipinski definition) is 6. The Morgan fingerprint density at radius 1 is 1.12 bits per heavy atom. The largest absolute Gasteiger partial charge is 0.390 e. The fraction of sp³-hybridized carbons (Fsp3) is 0.0526. The molecule has 126 valence electrons. The highest BCUT2D eigenvalue weighted by Gasteiger charge is 2.09. The van der Waals surface area contributed by atoms with Crippen molar-refractivity contribution in [3.05, 3.63) is 72.1 Å². The third-order valence-corrected chi connectivity index (χ3v) is 3.90. The molecule has 0 spiro atoms. The number of fused-ring (bicyclic) bond motifs is 1. The van der Waals surface area contributed by atoms with E-state index in [0.717, 1.165) is 16.9 Å². The normalized spacial score (nSPS) is 10.6. The van der Waals surface area contributed by atoms with Crippen molar-refractivity contribution >= 4 is 17.3 Å². The van der Waals surface area contributed by atoms with Crippen molar-refractivity contribution in [1.82, 2.24) is 19.6 Å². The standard InChI is InChI=1S/C19H14N6O/c20-11-13-4-6-14(7-5-13)17-2-1-3-18-23-19(24-25(17)18)22-15-8-9-21-16(10-15)12-26/h1-10,26H,12H2,(H,21,22,24). The van der Waals surface area contributed by atoms with Crippen LogP contribution in [0.3, 0.4) is 0 Å². The average Bonchev–Trinajstić information content (AvgIpc) is 3.10. The Morgan fingerprint density at radius 2 is 1.96 bits per heavy atom. The van der Waals surface area contributed by atoms with Crippen molar-refractivity contribution in [2.75, 3.05) is 5.32 Å². The van der Waals surface area contributed by atoms with Crippen LogP contribution in [0.2, 0.25) is 0 Å². The van der Waals surface area contributed by atoms with Crippen LogP contribution in [0.4, 0.5) is 11.6 Å². The molecule has 0 saturated heterocycles. The van der Waals surface area contributed by atoms with E-state index in [0.29, 0.717) is 22.9 Å². The van der Waals surface area contributed by atoms with Gasteiger partial charge in [-0.3, -0.25) is 4.98 Å². The number of hydrogen-bond donors (Lipinski definition) is 2. The van der Waals surface area contributed by atoms with Crippen molar-refractivity contribution in [2.24, 2.45) is 0 Å². The lowest BCUT2D eigenvalue weighted by Gasteiger charge is -2.04. The first-order chi connectivity index (χ1) is 12.8. The molecule has 26 heavy (non-hydrogen) atoms. The Bertz CT molecular complexity index is 1110. The number of aromatic nitrogens is 4. The molecule has 0 radical (unpaired) electrons. The SMILES string of the molecule is N#Cc1ccc(-c2cccc3nc(Nc4ccnc(CO)c4)nn23)cc1. The minimum Gasteiger partial charge on any atom is -0.390 e. The van der Waals surface area contributed by atoms with Gasteiger partial charge in [0.05, 0.1) is 29.6 Å². The minimum absolute atomic E-state index is 0.128. The quantitative estimate of drug-likeness (QED) is 0.591. The summed E-state index contributed by atoms with van der Waals surface area (Å²) in [6, 6.07) is 18.7. The molecule has 4 aromatic rings. The number of pyridine rings is 2. The molecule has 0 bridgehead atoms. The number of aliphatic hydroxyl groups excluding tert-OH is 1. The second-order valence-corrected chi connectivity index (χ2v) is 5.62. The van der Waals surface area contributed by atoms with Gasteiger partial charge in [-0.1, -0.05) is 18.2 Å². The highest BCUT2D eigenvalue weighted by Crippen LogP contribution is 2.22. The van der Waals surface area contributed by atoms with E-state index >= 15 is 0 Å². The van der Waals surface area contributed by atoms with Gasteiger partial charge in [-0.25, -0.2) is 4.52 Å². The number of anilines is 2. The lowest BCUT2D eigenvalue weighted by molar-refractivity contribution is 0.277. The summed E-state index contributed by atoms with van der Waals surface area (Å²) in [7, 11) is 0. The van der Waals surface area contributed by atoms with Gasteiger partial charge in [-0.2, -0.15) is 10.2 Å². The van der Waals surface area contributed by atoms with Crippen LogP contribution in [0.25, 0.3) is 16.9 Å². The Balaban J connectivity index is 1.72. The Morgan fingerprint density at radius 3 is 2.73 bits per heavy atom. The Labute approximate surface area is 149 Å². The molecular weight excluding hydrogens is 328 g/mol. The van der Waals surface area contributed by atoms with Crippen LogP contribution < -0.4 is 5.32 Å². The maximum atomic E-state index is 9.20. The van der Waals surface area contributed by atoms with Gasteiger partial charge >= 0.3 is 0 Å². The van der Waals surface area contributed by atoms with Crippen molar-refractivity contribution < 1.29 is 5.11 Å². The third-order valence-electron chi connectivity index (χ3n) is 3.90. The number of benzene rings is 1.